The van der Waals surface area contributed by atoms with Gasteiger partial charge in [-0.2, -0.15) is 17.0 Å². The molecule has 0 N–H and O–H groups in total. The van der Waals surface area contributed by atoms with E-state index in [2.05, 4.69) is 11.6 Å². The molecule has 0 amide bonds. The van der Waals surface area contributed by atoms with E-state index >= 15 is 0 Å². The number of halogens is 1. The van der Waals surface area contributed by atoms with Gasteiger partial charge in [-0.1, -0.05) is 18.3 Å². The third-order valence-corrected chi connectivity index (χ3v) is 3.76. The first-order valence-electron chi connectivity index (χ1n) is 4.66. The molecule has 0 aromatic carbocycles. The van der Waals surface area contributed by atoms with Crippen molar-refractivity contribution in [1.82, 2.24) is 0 Å². The lowest BCUT2D eigenvalue weighted by Crippen LogP contribution is -1.97. The van der Waals surface area contributed by atoms with Crippen LogP contribution in [0, 0.1) is 11.3 Å². The molecule has 0 saturated carbocycles. The molecule has 0 aliphatic carbocycles. The number of aliphatic imine (C=N–C) groups is 1. The molecule has 0 fully saturated rings. The molecule has 84 valence electrons. The van der Waals surface area contributed by atoms with Crippen LogP contribution >= 0.6 is 23.5 Å². The summed E-state index contributed by atoms with van der Waals surface area (Å²) in [6, 6.07) is 1.99. The van der Waals surface area contributed by atoms with Crippen molar-refractivity contribution in [3.8, 4) is 6.07 Å². The fraction of sp³-hybridized carbons (Fsp3) is 0.600. The van der Waals surface area contributed by atoms with E-state index in [1.807, 2.05) is 13.0 Å². The topological polar surface area (TPSA) is 36.1 Å². The standard InChI is InChI=1S/C10H15FN2S2/c1-3-13-10(9(2)7-12)15-8-14-6-4-5-11/h2-6,8H2,1H3. The largest absolute Gasteiger partial charge is 0.277 e. The van der Waals surface area contributed by atoms with Gasteiger partial charge in [0.05, 0.1) is 12.2 Å². The number of nitriles is 1. The summed E-state index contributed by atoms with van der Waals surface area (Å²) >= 11 is 3.15. The van der Waals surface area contributed by atoms with Crippen LogP contribution < -0.4 is 0 Å². The van der Waals surface area contributed by atoms with Crippen LogP contribution in [0.15, 0.2) is 17.1 Å². The quantitative estimate of drug-likeness (QED) is 0.227. The molecule has 0 rings (SSSR count). The van der Waals surface area contributed by atoms with Crippen molar-refractivity contribution in [3.63, 3.8) is 0 Å². The first-order chi connectivity index (χ1) is 7.26. The number of hydrogen-bond donors (Lipinski definition) is 0. The summed E-state index contributed by atoms with van der Waals surface area (Å²) in [5, 5.41) is 10.2. The highest BCUT2D eigenvalue weighted by Gasteiger charge is 2.04. The van der Waals surface area contributed by atoms with Crippen LogP contribution in [-0.2, 0) is 0 Å². The van der Waals surface area contributed by atoms with Gasteiger partial charge in [-0.3, -0.25) is 9.38 Å². The molecule has 0 heterocycles. The molecule has 15 heavy (non-hydrogen) atoms. The number of rotatable bonds is 7. The average molecular weight is 246 g/mol. The van der Waals surface area contributed by atoms with Crippen molar-refractivity contribution in [3.05, 3.63) is 12.2 Å². The van der Waals surface area contributed by atoms with Crippen molar-refractivity contribution in [1.29, 1.82) is 5.26 Å². The van der Waals surface area contributed by atoms with E-state index in [0.717, 1.165) is 10.8 Å². The van der Waals surface area contributed by atoms with E-state index in [1.54, 1.807) is 11.8 Å². The third kappa shape index (κ3) is 7.46. The third-order valence-electron chi connectivity index (χ3n) is 1.40. The minimum Gasteiger partial charge on any atom is -0.277 e. The van der Waals surface area contributed by atoms with Crippen molar-refractivity contribution < 1.29 is 4.39 Å². The number of hydrogen-bond acceptors (Lipinski definition) is 4. The molecule has 0 saturated heterocycles. The van der Waals surface area contributed by atoms with E-state index in [4.69, 9.17) is 5.26 Å². The second kappa shape index (κ2) is 10.1. The van der Waals surface area contributed by atoms with Crippen LogP contribution in [0.5, 0.6) is 0 Å². The Morgan fingerprint density at radius 2 is 2.33 bits per heavy atom. The van der Waals surface area contributed by atoms with Crippen LogP contribution in [0.25, 0.3) is 0 Å². The lowest BCUT2D eigenvalue weighted by atomic mass is 10.4. The minimum absolute atomic E-state index is 0.265. The van der Waals surface area contributed by atoms with Crippen molar-refractivity contribution in [2.24, 2.45) is 4.99 Å². The van der Waals surface area contributed by atoms with Gasteiger partial charge >= 0.3 is 0 Å². The fourth-order valence-corrected chi connectivity index (χ4v) is 2.74. The van der Waals surface area contributed by atoms with Gasteiger partial charge in [-0.05, 0) is 19.1 Å². The van der Waals surface area contributed by atoms with Crippen molar-refractivity contribution in [2.75, 3.05) is 24.1 Å². The molecule has 0 unspecified atom stereocenters. The number of alkyl halides is 1. The predicted molar refractivity (Wildman–Crippen MR) is 68.2 cm³/mol. The maximum atomic E-state index is 11.8. The first kappa shape index (κ1) is 14.5. The molecule has 0 atom stereocenters. The van der Waals surface area contributed by atoms with Crippen LogP contribution in [0.4, 0.5) is 4.39 Å². The molecule has 5 heteroatoms. The maximum Gasteiger partial charge on any atom is 0.108 e. The Kier molecular flexibility index (Phi) is 9.75. The highest BCUT2D eigenvalue weighted by atomic mass is 32.2. The Hall–Kier alpha value is -0.470. The summed E-state index contributed by atoms with van der Waals surface area (Å²) in [6.07, 6.45) is 0.588. The first-order valence-corrected chi connectivity index (χ1v) is 6.80. The van der Waals surface area contributed by atoms with Gasteiger partial charge in [0.15, 0.2) is 0 Å². The zero-order valence-electron chi connectivity index (χ0n) is 8.83. The summed E-state index contributed by atoms with van der Waals surface area (Å²) in [4.78, 5) is 4.18. The Morgan fingerprint density at radius 1 is 1.60 bits per heavy atom. The molecule has 0 radical (unpaired) electrons. The number of thioether (sulfide) groups is 2. The highest BCUT2D eigenvalue weighted by molar-refractivity contribution is 8.24. The molecule has 0 aromatic rings. The van der Waals surface area contributed by atoms with Gasteiger partial charge in [0.25, 0.3) is 0 Å². The van der Waals surface area contributed by atoms with Gasteiger partial charge < -0.3 is 0 Å². The van der Waals surface area contributed by atoms with Crippen LogP contribution in [-0.4, -0.2) is 29.1 Å². The smallest absolute Gasteiger partial charge is 0.108 e. The van der Waals surface area contributed by atoms with Gasteiger partial charge in [-0.15, -0.1) is 0 Å². The molecular formula is C10H15FN2S2. The maximum absolute atomic E-state index is 11.8. The molecule has 0 aromatic heterocycles. The molecule has 0 aliphatic rings. The van der Waals surface area contributed by atoms with E-state index in [1.165, 1.54) is 11.8 Å². The lowest BCUT2D eigenvalue weighted by molar-refractivity contribution is 0.489. The summed E-state index contributed by atoms with van der Waals surface area (Å²) in [5.74, 6) is 0.807. The van der Waals surface area contributed by atoms with E-state index in [9.17, 15) is 4.39 Å². The molecule has 0 bridgehead atoms. The second-order valence-electron chi connectivity index (χ2n) is 2.58. The predicted octanol–water partition coefficient (Wildman–Crippen LogP) is 3.27. The monoisotopic (exact) mass is 246 g/mol. The van der Waals surface area contributed by atoms with Crippen LogP contribution in [0.2, 0.25) is 0 Å². The zero-order valence-corrected chi connectivity index (χ0v) is 10.5. The summed E-state index contributed by atoms with van der Waals surface area (Å²) in [6.45, 7) is 5.93. The minimum atomic E-state index is -0.265. The molecule has 0 aliphatic heterocycles. The van der Waals surface area contributed by atoms with E-state index in [0.29, 0.717) is 23.6 Å². The molecule has 2 nitrogen and oxygen atoms in total. The van der Waals surface area contributed by atoms with Crippen molar-refractivity contribution >= 4 is 28.6 Å². The molecular weight excluding hydrogens is 231 g/mol. The van der Waals surface area contributed by atoms with E-state index < -0.39 is 0 Å². The van der Waals surface area contributed by atoms with Crippen LogP contribution in [0.3, 0.4) is 0 Å². The lowest BCUT2D eigenvalue weighted by Gasteiger charge is -2.03. The highest BCUT2D eigenvalue weighted by Crippen LogP contribution is 2.18. The fourth-order valence-electron chi connectivity index (χ4n) is 0.733. The Labute approximate surface area is 99.0 Å². The van der Waals surface area contributed by atoms with Gasteiger partial charge in [0.2, 0.25) is 0 Å². The Bertz CT molecular complexity index is 259. The average Bonchev–Trinajstić information content (AvgIpc) is 2.26. The second-order valence-corrected chi connectivity index (χ2v) is 5.02. The van der Waals surface area contributed by atoms with Crippen LogP contribution in [0.1, 0.15) is 13.3 Å². The SMILES string of the molecule is C=C(C#N)C(=NCC)SCSCCCF. The summed E-state index contributed by atoms with van der Waals surface area (Å²) in [7, 11) is 0. The number of nitrogens with zero attached hydrogens (tertiary/aromatic N) is 2. The van der Waals surface area contributed by atoms with E-state index in [-0.39, 0.29) is 6.67 Å². The van der Waals surface area contributed by atoms with Gasteiger partial charge in [0, 0.05) is 11.6 Å². The summed E-state index contributed by atoms with van der Waals surface area (Å²) < 4.78 is 11.8. The normalized spacial score (nSPS) is 11.1. The molecule has 0 spiro atoms. The van der Waals surface area contributed by atoms with Crippen molar-refractivity contribution in [2.45, 2.75) is 13.3 Å². The van der Waals surface area contributed by atoms with Gasteiger partial charge in [-0.25, -0.2) is 0 Å². The summed E-state index contributed by atoms with van der Waals surface area (Å²) in [5.41, 5.74) is 0.410. The zero-order chi connectivity index (χ0) is 11.5. The van der Waals surface area contributed by atoms with Gasteiger partial charge in [0.1, 0.15) is 11.1 Å². The Morgan fingerprint density at radius 3 is 2.87 bits per heavy atom. The Balaban J connectivity index is 3.84.